The average Bonchev–Trinajstić information content (AvgIpc) is 2.73. The monoisotopic (exact) mass is 275 g/mol. The highest BCUT2D eigenvalue weighted by atomic mass is 19.4. The van der Waals surface area contributed by atoms with Crippen LogP contribution in [0.1, 0.15) is 12.0 Å². The molecule has 1 aromatic carbocycles. The van der Waals surface area contributed by atoms with Gasteiger partial charge in [0.15, 0.2) is 0 Å². The van der Waals surface area contributed by atoms with Crippen molar-refractivity contribution in [3.05, 3.63) is 39.9 Å². The molecule has 0 saturated carbocycles. The van der Waals surface area contributed by atoms with Crippen molar-refractivity contribution in [1.29, 1.82) is 0 Å². The molecule has 19 heavy (non-hydrogen) atoms. The summed E-state index contributed by atoms with van der Waals surface area (Å²) in [7, 11) is 0. The fraction of sp³-hybridized carbons (Fsp3) is 0.300. The molecule has 0 aromatic heterocycles. The highest BCUT2D eigenvalue weighted by Crippen LogP contribution is 2.35. The number of hydrazone groups is 1. The molecule has 1 aliphatic rings. The number of nitro groups is 1. The predicted molar refractivity (Wildman–Crippen MR) is 58.4 cm³/mol. The number of aliphatic hydroxyl groups is 1. The molecule has 2 N–H and O–H groups in total. The summed E-state index contributed by atoms with van der Waals surface area (Å²) in [5.74, 6) is 0. The topological polar surface area (TPSA) is 87.8 Å². The second kappa shape index (κ2) is 4.19. The molecule has 0 amide bonds. The Hall–Kier alpha value is -2.16. The predicted octanol–water partition coefficient (Wildman–Crippen LogP) is 1.54. The number of non-ortho nitro benzene ring substituents is 1. The lowest BCUT2D eigenvalue weighted by atomic mass is 10.0. The molecule has 102 valence electrons. The van der Waals surface area contributed by atoms with Gasteiger partial charge < -0.3 is 5.11 Å². The Labute approximate surface area is 104 Å². The molecule has 0 aliphatic carbocycles. The first-order valence-electron chi connectivity index (χ1n) is 5.10. The summed E-state index contributed by atoms with van der Waals surface area (Å²) >= 11 is 0. The fourth-order valence-electron chi connectivity index (χ4n) is 1.61. The van der Waals surface area contributed by atoms with Gasteiger partial charge in [0.25, 0.3) is 11.4 Å². The molecule has 1 atom stereocenters. The van der Waals surface area contributed by atoms with E-state index in [-0.39, 0.29) is 17.0 Å². The maximum absolute atomic E-state index is 12.5. The smallest absolute Gasteiger partial charge is 0.362 e. The summed E-state index contributed by atoms with van der Waals surface area (Å²) in [5.41, 5.74) is -1.71. The van der Waals surface area contributed by atoms with Crippen molar-refractivity contribution in [2.75, 3.05) is 0 Å². The first-order chi connectivity index (χ1) is 8.73. The van der Waals surface area contributed by atoms with E-state index in [2.05, 4.69) is 5.10 Å². The maximum Gasteiger partial charge on any atom is 0.438 e. The van der Waals surface area contributed by atoms with Gasteiger partial charge in [-0.3, -0.25) is 15.5 Å². The quantitative estimate of drug-likeness (QED) is 0.633. The first kappa shape index (κ1) is 13.3. The lowest BCUT2D eigenvalue weighted by Gasteiger charge is -2.24. The number of hydrogen-bond donors (Lipinski definition) is 2. The summed E-state index contributed by atoms with van der Waals surface area (Å²) in [6, 6.07) is 5.03. The van der Waals surface area contributed by atoms with Crippen LogP contribution in [0.3, 0.4) is 0 Å². The third-order valence-electron chi connectivity index (χ3n) is 2.66. The summed E-state index contributed by atoms with van der Waals surface area (Å²) in [6.07, 6.45) is -5.70. The van der Waals surface area contributed by atoms with E-state index in [1.807, 2.05) is 0 Å². The van der Waals surface area contributed by atoms with Gasteiger partial charge in [-0.05, 0) is 0 Å². The Morgan fingerprint density at radius 2 is 2.16 bits per heavy atom. The molecule has 1 aromatic rings. The van der Waals surface area contributed by atoms with Gasteiger partial charge in [0, 0.05) is 17.7 Å². The van der Waals surface area contributed by atoms with Crippen LogP contribution in [0.2, 0.25) is 0 Å². The van der Waals surface area contributed by atoms with Crippen LogP contribution in [0.5, 0.6) is 0 Å². The highest BCUT2D eigenvalue weighted by Gasteiger charge is 2.57. The molecule has 0 saturated heterocycles. The van der Waals surface area contributed by atoms with Gasteiger partial charge >= 0.3 is 6.18 Å². The Morgan fingerprint density at radius 1 is 1.47 bits per heavy atom. The average molecular weight is 275 g/mol. The molecule has 2 rings (SSSR count). The Bertz CT molecular complexity index is 558. The van der Waals surface area contributed by atoms with E-state index in [1.54, 1.807) is 5.43 Å². The number of nitrogens with one attached hydrogen (secondary N) is 1. The zero-order valence-corrected chi connectivity index (χ0v) is 9.31. The van der Waals surface area contributed by atoms with Crippen molar-refractivity contribution in [2.45, 2.75) is 18.3 Å². The minimum atomic E-state index is -4.89. The normalized spacial score (nSPS) is 22.8. The summed E-state index contributed by atoms with van der Waals surface area (Å²) in [5, 5.41) is 23.3. The highest BCUT2D eigenvalue weighted by molar-refractivity contribution is 6.02. The Morgan fingerprint density at radius 3 is 2.68 bits per heavy atom. The summed E-state index contributed by atoms with van der Waals surface area (Å²) < 4.78 is 37.6. The van der Waals surface area contributed by atoms with Crippen molar-refractivity contribution in [3.63, 3.8) is 0 Å². The summed E-state index contributed by atoms with van der Waals surface area (Å²) in [4.78, 5) is 9.91. The van der Waals surface area contributed by atoms with Crippen LogP contribution in [0.25, 0.3) is 0 Å². The number of nitro benzene ring substituents is 1. The van der Waals surface area contributed by atoms with E-state index in [0.29, 0.717) is 0 Å². The van der Waals surface area contributed by atoms with Crippen LogP contribution in [0, 0.1) is 10.1 Å². The molecule has 0 spiro atoms. The van der Waals surface area contributed by atoms with Crippen molar-refractivity contribution in [1.82, 2.24) is 5.43 Å². The maximum atomic E-state index is 12.5. The minimum Gasteiger partial charge on any atom is -0.362 e. The number of rotatable bonds is 2. The van der Waals surface area contributed by atoms with Crippen LogP contribution >= 0.6 is 0 Å². The number of hydrogen-bond acceptors (Lipinski definition) is 5. The summed E-state index contributed by atoms with van der Waals surface area (Å²) in [6.45, 7) is 0. The third kappa shape index (κ3) is 2.36. The first-order valence-corrected chi connectivity index (χ1v) is 5.10. The molecule has 0 unspecified atom stereocenters. The van der Waals surface area contributed by atoms with Crippen LogP contribution in [0.4, 0.5) is 18.9 Å². The van der Waals surface area contributed by atoms with Crippen LogP contribution in [0.15, 0.2) is 29.4 Å². The van der Waals surface area contributed by atoms with Crippen molar-refractivity contribution >= 4 is 11.4 Å². The van der Waals surface area contributed by atoms with Crippen LogP contribution < -0.4 is 5.43 Å². The lowest BCUT2D eigenvalue weighted by molar-refractivity contribution is -0.384. The van der Waals surface area contributed by atoms with Gasteiger partial charge in [-0.2, -0.15) is 18.3 Å². The van der Waals surface area contributed by atoms with Crippen molar-refractivity contribution < 1.29 is 23.2 Å². The van der Waals surface area contributed by atoms with E-state index in [4.69, 9.17) is 0 Å². The van der Waals surface area contributed by atoms with Crippen LogP contribution in [-0.2, 0) is 0 Å². The Kier molecular flexibility index (Phi) is 2.93. The number of halogens is 3. The van der Waals surface area contributed by atoms with Gasteiger partial charge in [-0.1, -0.05) is 12.1 Å². The molecule has 0 bridgehead atoms. The molecular formula is C10H8F3N3O3. The molecule has 0 fully saturated rings. The van der Waals surface area contributed by atoms with Gasteiger partial charge in [0.1, 0.15) is 0 Å². The van der Waals surface area contributed by atoms with Crippen molar-refractivity contribution in [2.24, 2.45) is 5.10 Å². The van der Waals surface area contributed by atoms with E-state index in [1.165, 1.54) is 18.2 Å². The van der Waals surface area contributed by atoms with Crippen molar-refractivity contribution in [3.8, 4) is 0 Å². The SMILES string of the molecule is O=[N+]([O-])c1cccc(C2=NN[C@](O)(C(F)(F)F)C2)c1. The number of benzene rings is 1. The van der Waals surface area contributed by atoms with E-state index >= 15 is 0 Å². The minimum absolute atomic E-state index is 0.0940. The number of alkyl halides is 3. The van der Waals surface area contributed by atoms with Crippen LogP contribution in [-0.4, -0.2) is 27.6 Å². The van der Waals surface area contributed by atoms with E-state index in [0.717, 1.165) is 6.07 Å². The zero-order chi connectivity index (χ0) is 14.3. The fourth-order valence-corrected chi connectivity index (χ4v) is 1.61. The largest absolute Gasteiger partial charge is 0.438 e. The number of nitrogens with zero attached hydrogens (tertiary/aromatic N) is 2. The molecule has 1 aliphatic heterocycles. The molecular weight excluding hydrogens is 267 g/mol. The molecule has 0 radical (unpaired) electrons. The molecule has 9 heteroatoms. The third-order valence-corrected chi connectivity index (χ3v) is 2.66. The van der Waals surface area contributed by atoms with E-state index < -0.39 is 23.2 Å². The molecule has 1 heterocycles. The zero-order valence-electron chi connectivity index (χ0n) is 9.31. The van der Waals surface area contributed by atoms with Gasteiger partial charge in [-0.15, -0.1) is 0 Å². The second-order valence-electron chi connectivity index (χ2n) is 4.01. The second-order valence-corrected chi connectivity index (χ2v) is 4.01. The lowest BCUT2D eigenvalue weighted by Crippen LogP contribution is -2.52. The van der Waals surface area contributed by atoms with Gasteiger partial charge in [-0.25, -0.2) is 0 Å². The van der Waals surface area contributed by atoms with E-state index in [9.17, 15) is 28.4 Å². The van der Waals surface area contributed by atoms with Gasteiger partial charge in [0.2, 0.25) is 0 Å². The van der Waals surface area contributed by atoms with Gasteiger partial charge in [0.05, 0.1) is 17.1 Å². The molecule has 6 nitrogen and oxygen atoms in total. The Balaban J connectivity index is 2.27. The standard InChI is InChI=1S/C10H8F3N3O3/c11-10(12,13)9(17)5-8(14-15-9)6-2-1-3-7(4-6)16(18)19/h1-4,15,17H,5H2/t9-/m1/s1.